The molecule has 1 aliphatic carbocycles. The molecule has 0 bridgehead atoms. The summed E-state index contributed by atoms with van der Waals surface area (Å²) in [6.07, 6.45) is 15.4. The van der Waals surface area contributed by atoms with Crippen LogP contribution in [-0.2, 0) is 11.3 Å². The molecule has 6 nitrogen and oxygen atoms in total. The van der Waals surface area contributed by atoms with E-state index in [1.807, 2.05) is 41.8 Å². The molecule has 2 N–H and O–H groups in total. The maximum Gasteiger partial charge on any atom is 0.239 e. The Balaban J connectivity index is 0.00000160. The van der Waals surface area contributed by atoms with E-state index in [9.17, 15) is 4.79 Å². The first-order valence-corrected chi connectivity index (χ1v) is 10.7. The number of imidazole rings is 1. The highest BCUT2D eigenvalue weighted by atomic mass is 35.5. The molecule has 0 unspecified atom stereocenters. The van der Waals surface area contributed by atoms with Crippen molar-refractivity contribution in [1.29, 1.82) is 0 Å². The molecule has 1 aliphatic heterocycles. The molecule has 1 saturated heterocycles. The van der Waals surface area contributed by atoms with Crippen LogP contribution in [0.3, 0.4) is 0 Å². The van der Waals surface area contributed by atoms with E-state index in [2.05, 4.69) is 14.5 Å². The summed E-state index contributed by atoms with van der Waals surface area (Å²) in [5.74, 6) is 2.05. The fraction of sp³-hybridized carbons (Fsp3) is 0.591. The number of halogens is 2. The average Bonchev–Trinajstić information content (AvgIpc) is 3.22. The summed E-state index contributed by atoms with van der Waals surface area (Å²) in [5.41, 5.74) is 7.57. The van der Waals surface area contributed by atoms with Crippen molar-refractivity contribution in [3.05, 3.63) is 48.3 Å². The van der Waals surface area contributed by atoms with Crippen LogP contribution in [0.1, 0.15) is 62.3 Å². The van der Waals surface area contributed by atoms with Crippen molar-refractivity contribution in [2.45, 2.75) is 63.5 Å². The van der Waals surface area contributed by atoms with Crippen LogP contribution in [0, 0.1) is 5.92 Å². The van der Waals surface area contributed by atoms with E-state index in [0.29, 0.717) is 11.8 Å². The van der Waals surface area contributed by atoms with E-state index in [-0.39, 0.29) is 36.8 Å². The van der Waals surface area contributed by atoms with E-state index in [4.69, 9.17) is 5.73 Å². The number of pyridine rings is 1. The van der Waals surface area contributed by atoms with Gasteiger partial charge in [0.25, 0.3) is 0 Å². The van der Waals surface area contributed by atoms with Gasteiger partial charge in [-0.25, -0.2) is 4.98 Å². The Hall–Kier alpha value is -1.63. The van der Waals surface area contributed by atoms with Crippen molar-refractivity contribution in [3.63, 3.8) is 0 Å². The summed E-state index contributed by atoms with van der Waals surface area (Å²) in [6, 6.07) is 3.76. The summed E-state index contributed by atoms with van der Waals surface area (Å²) in [4.78, 5) is 23.6. The molecule has 2 fully saturated rings. The van der Waals surface area contributed by atoms with E-state index in [1.165, 1.54) is 24.8 Å². The average molecular weight is 454 g/mol. The minimum absolute atomic E-state index is 0. The zero-order chi connectivity index (χ0) is 19.3. The van der Waals surface area contributed by atoms with Gasteiger partial charge in [0.15, 0.2) is 0 Å². The summed E-state index contributed by atoms with van der Waals surface area (Å²) >= 11 is 0. The van der Waals surface area contributed by atoms with Crippen LogP contribution in [0.2, 0.25) is 0 Å². The molecule has 4 rings (SSSR count). The number of nitrogens with two attached hydrogens (primary N) is 1. The number of hydrogen-bond acceptors (Lipinski definition) is 4. The lowest BCUT2D eigenvalue weighted by Crippen LogP contribution is -2.50. The third-order valence-electron chi connectivity index (χ3n) is 6.46. The Bertz CT molecular complexity index is 771. The molecule has 2 aromatic rings. The first kappa shape index (κ1) is 24.6. The lowest BCUT2D eigenvalue weighted by Gasteiger charge is -2.36. The number of piperidine rings is 1. The predicted molar refractivity (Wildman–Crippen MR) is 123 cm³/mol. The maximum atomic E-state index is 12.9. The summed E-state index contributed by atoms with van der Waals surface area (Å²) in [6.45, 7) is 2.38. The number of carbonyl (C=O) groups excluding carboxylic acids is 1. The van der Waals surface area contributed by atoms with Gasteiger partial charge in [-0.15, -0.1) is 24.8 Å². The zero-order valence-electron chi connectivity index (χ0n) is 17.4. The highest BCUT2D eigenvalue weighted by molar-refractivity contribution is 5.85. The number of nitrogens with zero attached hydrogens (tertiary/aromatic N) is 4. The number of rotatable bonds is 5. The van der Waals surface area contributed by atoms with Crippen molar-refractivity contribution in [2.75, 3.05) is 13.1 Å². The van der Waals surface area contributed by atoms with Crippen molar-refractivity contribution in [1.82, 2.24) is 19.4 Å². The maximum absolute atomic E-state index is 12.9. The lowest BCUT2D eigenvalue weighted by molar-refractivity contribution is -0.135. The second-order valence-electron chi connectivity index (χ2n) is 8.29. The van der Waals surface area contributed by atoms with Gasteiger partial charge in [-0.2, -0.15) is 0 Å². The molecule has 2 aliphatic rings. The third-order valence-corrected chi connectivity index (χ3v) is 6.46. The predicted octanol–water partition coefficient (Wildman–Crippen LogP) is 3.78. The number of likely N-dealkylation sites (tertiary alicyclic amines) is 1. The number of aromatic nitrogens is 3. The standard InChI is InChI=1S/C22H31N5O.2ClH/c23-20(18-4-2-1-3-5-18)22(28)26-13-8-19(9-14-26)21-25-12-15-27(21)16-17-6-10-24-11-7-17;;/h6-7,10-12,15,18-20H,1-5,8-9,13-14,16,23H2;2*1H/t20-;;/m0../s1. The van der Waals surface area contributed by atoms with Gasteiger partial charge in [-0.3, -0.25) is 9.78 Å². The molecule has 30 heavy (non-hydrogen) atoms. The van der Waals surface area contributed by atoms with E-state index in [1.54, 1.807) is 0 Å². The van der Waals surface area contributed by atoms with E-state index < -0.39 is 0 Å². The molecule has 0 radical (unpaired) electrons. The van der Waals surface area contributed by atoms with Gasteiger partial charge in [-0.05, 0) is 49.3 Å². The van der Waals surface area contributed by atoms with Crippen molar-refractivity contribution in [2.24, 2.45) is 11.7 Å². The SMILES string of the molecule is Cl.Cl.N[C@H](C(=O)N1CCC(c2nccn2Cc2ccncc2)CC1)C1CCCCC1. The van der Waals surface area contributed by atoms with Gasteiger partial charge in [0.05, 0.1) is 6.04 Å². The van der Waals surface area contributed by atoms with Gasteiger partial charge in [0.2, 0.25) is 5.91 Å². The minimum atomic E-state index is -0.314. The van der Waals surface area contributed by atoms with Crippen LogP contribution in [0.25, 0.3) is 0 Å². The van der Waals surface area contributed by atoms with Crippen molar-refractivity contribution < 1.29 is 4.79 Å². The molecular weight excluding hydrogens is 421 g/mol. The number of amides is 1. The number of carbonyl (C=O) groups is 1. The van der Waals surface area contributed by atoms with Crippen molar-refractivity contribution in [3.8, 4) is 0 Å². The second kappa shape index (κ2) is 11.7. The highest BCUT2D eigenvalue weighted by Crippen LogP contribution is 2.30. The smallest absolute Gasteiger partial charge is 0.239 e. The lowest BCUT2D eigenvalue weighted by atomic mass is 9.83. The van der Waals surface area contributed by atoms with Gasteiger partial charge in [0.1, 0.15) is 5.82 Å². The van der Waals surface area contributed by atoms with Crippen LogP contribution >= 0.6 is 24.8 Å². The minimum Gasteiger partial charge on any atom is -0.341 e. The Kier molecular flexibility index (Phi) is 9.59. The first-order chi connectivity index (χ1) is 13.7. The molecule has 1 saturated carbocycles. The Morgan fingerprint density at radius 2 is 1.70 bits per heavy atom. The zero-order valence-corrected chi connectivity index (χ0v) is 19.0. The van der Waals surface area contributed by atoms with Crippen LogP contribution in [0.4, 0.5) is 0 Å². The topological polar surface area (TPSA) is 77.0 Å². The Morgan fingerprint density at radius 1 is 1.03 bits per heavy atom. The Labute approximate surface area is 191 Å². The van der Waals surface area contributed by atoms with Gasteiger partial charge in [-0.1, -0.05) is 19.3 Å². The molecule has 0 aromatic carbocycles. The molecule has 3 heterocycles. The van der Waals surface area contributed by atoms with Crippen LogP contribution in [0.5, 0.6) is 0 Å². The number of hydrogen-bond donors (Lipinski definition) is 1. The molecule has 166 valence electrons. The molecule has 1 amide bonds. The second-order valence-corrected chi connectivity index (χ2v) is 8.29. The molecule has 2 aromatic heterocycles. The molecule has 1 atom stereocenters. The van der Waals surface area contributed by atoms with Gasteiger partial charge < -0.3 is 15.2 Å². The molecule has 0 spiro atoms. The van der Waals surface area contributed by atoms with Gasteiger partial charge >= 0.3 is 0 Å². The Morgan fingerprint density at radius 3 is 2.37 bits per heavy atom. The summed E-state index contributed by atoms with van der Waals surface area (Å²) < 4.78 is 2.23. The largest absolute Gasteiger partial charge is 0.341 e. The van der Waals surface area contributed by atoms with Gasteiger partial charge in [0, 0.05) is 50.3 Å². The van der Waals surface area contributed by atoms with Crippen LogP contribution in [0.15, 0.2) is 36.9 Å². The highest BCUT2D eigenvalue weighted by Gasteiger charge is 2.32. The summed E-state index contributed by atoms with van der Waals surface area (Å²) in [7, 11) is 0. The molecular formula is C22H33Cl2N5O. The molecule has 8 heteroatoms. The van der Waals surface area contributed by atoms with E-state index in [0.717, 1.165) is 51.1 Å². The van der Waals surface area contributed by atoms with Crippen LogP contribution < -0.4 is 5.73 Å². The third kappa shape index (κ3) is 5.74. The van der Waals surface area contributed by atoms with E-state index >= 15 is 0 Å². The van der Waals surface area contributed by atoms with Crippen LogP contribution in [-0.4, -0.2) is 44.5 Å². The monoisotopic (exact) mass is 453 g/mol. The first-order valence-electron chi connectivity index (χ1n) is 10.7. The fourth-order valence-electron chi connectivity index (χ4n) is 4.76. The normalized spacial score (nSPS) is 18.9. The van der Waals surface area contributed by atoms with Crippen molar-refractivity contribution >= 4 is 30.7 Å². The quantitative estimate of drug-likeness (QED) is 0.746. The summed E-state index contributed by atoms with van der Waals surface area (Å²) in [5, 5.41) is 0. The fourth-order valence-corrected chi connectivity index (χ4v) is 4.76.